The molecule has 0 unspecified atom stereocenters. The SMILES string of the molecule is N#Cc1cc2c(cc1C#N)c1c3ccccc3ccc1c1ccc3ccccc3c12.N#Cc1cc2c3ccc4ccccc4c3c3ccc4ccccc4c3c2cc1C#N.[C-]#[N+]c1c([N+]#[C-])c([N+]#[C-])c2cc3c(cc2c1C#N)c1cc(C#N)c(C#N)cc1c1c2ccccc2ccc31.[C-]#[N+]c1cc(-c2c(-c3ccc4ccccc4c3)c3ccccc3c3ccccc23)c(C)cc1C#N. The average Bonchev–Trinajstić information content (AvgIpc) is 0.714. The first kappa shape index (κ1) is 80.0. The van der Waals surface area contributed by atoms with Crippen LogP contribution in [0.4, 0.5) is 22.7 Å². The van der Waals surface area contributed by atoms with E-state index in [4.69, 9.17) is 26.3 Å². The topological polar surface area (TPSA) is 208 Å². The van der Waals surface area contributed by atoms with Gasteiger partial charge in [0.15, 0.2) is 5.69 Å². The fourth-order valence-electron chi connectivity index (χ4n) is 20.1. The third-order valence-electron chi connectivity index (χ3n) is 26.0. The molecule has 12 nitrogen and oxygen atoms in total. The molecule has 0 amide bonds. The lowest BCUT2D eigenvalue weighted by Crippen LogP contribution is -1.94. The van der Waals surface area contributed by atoms with Gasteiger partial charge in [-0.15, -0.1) is 0 Å². The van der Waals surface area contributed by atoms with E-state index in [1.807, 2.05) is 116 Å². The zero-order valence-corrected chi connectivity index (χ0v) is 70.6. The van der Waals surface area contributed by atoms with Crippen molar-refractivity contribution >= 4 is 217 Å². The molecule has 0 fully saturated rings. The van der Waals surface area contributed by atoms with E-state index in [0.717, 1.165) is 157 Å². The molecular weight excluding hydrogens is 1620 g/mol. The molecule has 0 saturated carbocycles. The van der Waals surface area contributed by atoms with E-state index < -0.39 is 0 Å². The fraction of sp³-hybridized carbons (Fsp3) is 0.00826. The van der Waals surface area contributed by atoms with Gasteiger partial charge < -0.3 is 0 Å². The molecule has 0 aliphatic carbocycles. The fourth-order valence-corrected chi connectivity index (χ4v) is 20.1. The molecular formula is C121H58N12. The zero-order valence-electron chi connectivity index (χ0n) is 70.6. The number of aryl methyl sites for hydroxylation is 1. The molecule has 602 valence electrons. The lowest BCUT2D eigenvalue weighted by Gasteiger charge is -2.20. The van der Waals surface area contributed by atoms with Crippen LogP contribution in [0.25, 0.3) is 236 Å². The Bertz CT molecular complexity index is 9920. The van der Waals surface area contributed by atoms with Gasteiger partial charge in [0, 0.05) is 0 Å². The van der Waals surface area contributed by atoms with Crippen molar-refractivity contribution in [3.8, 4) is 70.8 Å². The minimum absolute atomic E-state index is 0.0356. The van der Waals surface area contributed by atoms with Crippen molar-refractivity contribution in [1.29, 1.82) is 42.1 Å². The van der Waals surface area contributed by atoms with E-state index in [1.165, 1.54) is 48.5 Å². The molecule has 24 aromatic carbocycles. The summed E-state index contributed by atoms with van der Waals surface area (Å²) in [6.45, 7) is 32.8. The maximum Gasteiger partial charge on any atom is 0.205 e. The standard InChI is InChI=1S/C33H20N2.C32H10N6.2C28H14N2/c1-21-17-25(20-34)31(35-2)19-30(21)33-29-14-8-6-12-27(29)26-11-5-7-13-28(26)32(33)24-16-15-22-9-3-4-10-23(22)18-24;1-36-30-27-13-23-21-9-8-17-6-4-5-7-20(17)29(21)26-11-19(15-34)18(14-33)10-22(26)24(23)12-25(27)28(16-35)31(37-2)32(30)38-3;29-15-19-13-25-23-11-9-17-5-1-3-7-21(17)27(23)24-12-10-18-6-2-4-8-22(18)28(24)26(25)14-20(19)16-30;29-15-19-13-25-26(14-20(19)16-30)28-22-8-4-2-6-18(22)10-12-24(28)23-11-9-17-5-1-3-7-21(17)27(23)25/h3-19H,1H3;4-13H;2*1-14H. The van der Waals surface area contributed by atoms with Gasteiger partial charge >= 0.3 is 0 Å². The smallest absolute Gasteiger partial charge is 0.205 e. The van der Waals surface area contributed by atoms with Crippen molar-refractivity contribution in [3.63, 3.8) is 0 Å². The summed E-state index contributed by atoms with van der Waals surface area (Å²) in [6.07, 6.45) is 0. The molecule has 0 N–H and O–H groups in total. The summed E-state index contributed by atoms with van der Waals surface area (Å²) in [7, 11) is 0. The lowest BCUT2D eigenvalue weighted by molar-refractivity contribution is 1.43. The van der Waals surface area contributed by atoms with Crippen LogP contribution in [0.2, 0.25) is 0 Å². The molecule has 24 rings (SSSR count). The molecule has 24 aromatic rings. The van der Waals surface area contributed by atoms with E-state index >= 15 is 0 Å². The van der Waals surface area contributed by atoms with Gasteiger partial charge in [-0.05, 0) is 283 Å². The Balaban J connectivity index is 0.000000107. The van der Waals surface area contributed by atoms with Gasteiger partial charge in [-0.25, -0.2) is 4.85 Å². The van der Waals surface area contributed by atoms with Gasteiger partial charge in [0.1, 0.15) is 36.4 Å². The van der Waals surface area contributed by atoms with Gasteiger partial charge in [0.2, 0.25) is 17.1 Å². The number of hydrogen-bond acceptors (Lipinski definition) is 8. The van der Waals surface area contributed by atoms with Crippen LogP contribution < -0.4 is 0 Å². The van der Waals surface area contributed by atoms with E-state index in [2.05, 4.69) is 274 Å². The lowest BCUT2D eigenvalue weighted by atomic mass is 9.83. The summed E-state index contributed by atoms with van der Waals surface area (Å²) in [5.41, 5.74) is 8.11. The Morgan fingerprint density at radius 3 is 0.895 bits per heavy atom. The highest BCUT2D eigenvalue weighted by molar-refractivity contribution is 6.39. The summed E-state index contributed by atoms with van der Waals surface area (Å²) in [5, 5.41) is 115. The van der Waals surface area contributed by atoms with Crippen LogP contribution in [0.1, 0.15) is 50.1 Å². The zero-order chi connectivity index (χ0) is 91.0. The molecule has 0 aromatic heterocycles. The van der Waals surface area contributed by atoms with Crippen molar-refractivity contribution in [2.24, 2.45) is 0 Å². The largest absolute Gasteiger partial charge is 0.262 e. The highest BCUT2D eigenvalue weighted by Crippen LogP contribution is 2.53. The van der Waals surface area contributed by atoms with Gasteiger partial charge in [-0.2, -0.15) is 42.1 Å². The van der Waals surface area contributed by atoms with Crippen LogP contribution in [0, 0.1) is 124 Å². The third kappa shape index (κ3) is 12.7. The highest BCUT2D eigenvalue weighted by Gasteiger charge is 2.27. The van der Waals surface area contributed by atoms with Crippen LogP contribution in [0.3, 0.4) is 0 Å². The molecule has 0 atom stereocenters. The quantitative estimate of drug-likeness (QED) is 0.0921. The second-order valence-corrected chi connectivity index (χ2v) is 32.7. The molecule has 0 aliphatic rings. The number of nitriles is 8. The number of rotatable bonds is 2. The van der Waals surface area contributed by atoms with Crippen LogP contribution >= 0.6 is 0 Å². The molecule has 12 heteroatoms. The monoisotopic (exact) mass is 1680 g/mol. The van der Waals surface area contributed by atoms with E-state index in [0.29, 0.717) is 49.7 Å². The highest BCUT2D eigenvalue weighted by atomic mass is 14.8. The number of nitrogens with zero attached hydrogens (tertiary/aromatic N) is 12. The number of benzene rings is 24. The molecule has 133 heavy (non-hydrogen) atoms. The van der Waals surface area contributed by atoms with E-state index in [-0.39, 0.29) is 33.8 Å². The van der Waals surface area contributed by atoms with Crippen molar-refractivity contribution in [2.75, 3.05) is 0 Å². The molecule has 0 aliphatic heterocycles. The Morgan fingerprint density at radius 2 is 0.496 bits per heavy atom. The maximum atomic E-state index is 10.0. The van der Waals surface area contributed by atoms with Crippen molar-refractivity contribution in [3.05, 3.63) is 429 Å². The van der Waals surface area contributed by atoms with Crippen LogP contribution in [-0.2, 0) is 0 Å². The Hall–Kier alpha value is -20.2. The van der Waals surface area contributed by atoms with Crippen LogP contribution in [0.15, 0.2) is 334 Å². The summed E-state index contributed by atoms with van der Waals surface area (Å²) >= 11 is 0. The molecule has 0 radical (unpaired) electrons. The third-order valence-corrected chi connectivity index (χ3v) is 26.0. The van der Waals surface area contributed by atoms with Gasteiger partial charge in [0.05, 0.1) is 82.9 Å². The van der Waals surface area contributed by atoms with Crippen LogP contribution in [-0.4, -0.2) is 0 Å². The molecule has 0 spiro atoms. The number of fused-ring (bicyclic) bond motifs is 33. The Morgan fingerprint density at radius 1 is 0.195 bits per heavy atom. The second-order valence-electron chi connectivity index (χ2n) is 32.7. The van der Waals surface area contributed by atoms with E-state index in [9.17, 15) is 42.1 Å². The van der Waals surface area contributed by atoms with Crippen molar-refractivity contribution < 1.29 is 0 Å². The average molecular weight is 1680 g/mol. The van der Waals surface area contributed by atoms with Gasteiger partial charge in [0.25, 0.3) is 0 Å². The van der Waals surface area contributed by atoms with E-state index in [1.54, 1.807) is 18.2 Å². The predicted octanol–water partition coefficient (Wildman–Crippen LogP) is 32.3. The Kier molecular flexibility index (Phi) is 19.5. The molecule has 0 bridgehead atoms. The first-order chi connectivity index (χ1) is 65.4. The first-order valence-corrected chi connectivity index (χ1v) is 42.5. The molecule has 0 heterocycles. The number of hydrogen-bond donors (Lipinski definition) is 0. The summed E-state index contributed by atoms with van der Waals surface area (Å²) < 4.78 is 0. The summed E-state index contributed by atoms with van der Waals surface area (Å²) in [6, 6.07) is 130. The normalized spacial score (nSPS) is 11.0. The van der Waals surface area contributed by atoms with Crippen molar-refractivity contribution in [1.82, 2.24) is 0 Å². The second kappa shape index (κ2) is 32.4. The van der Waals surface area contributed by atoms with Crippen molar-refractivity contribution in [2.45, 2.75) is 6.92 Å². The first-order valence-electron chi connectivity index (χ1n) is 42.5. The summed E-state index contributed by atoms with van der Waals surface area (Å²) in [4.78, 5) is 14.2. The maximum absolute atomic E-state index is 10.0. The molecule has 0 saturated heterocycles. The predicted molar refractivity (Wildman–Crippen MR) is 539 cm³/mol. The minimum Gasteiger partial charge on any atom is -0.262 e. The summed E-state index contributed by atoms with van der Waals surface area (Å²) in [5.74, 6) is 0. The van der Waals surface area contributed by atoms with Gasteiger partial charge in [-0.3, -0.25) is 14.5 Å². The van der Waals surface area contributed by atoms with Gasteiger partial charge in [-0.1, -0.05) is 279 Å². The van der Waals surface area contributed by atoms with Crippen LogP contribution in [0.5, 0.6) is 0 Å². The minimum atomic E-state index is -0.138. The Labute approximate surface area is 760 Å².